The first-order chi connectivity index (χ1) is 7.15. The van der Waals surface area contributed by atoms with Gasteiger partial charge in [-0.2, -0.15) is 0 Å². The fourth-order valence-electron chi connectivity index (χ4n) is 1.48. The predicted octanol–water partition coefficient (Wildman–Crippen LogP) is 2.07. The van der Waals surface area contributed by atoms with Gasteiger partial charge in [0.25, 0.3) is 0 Å². The van der Waals surface area contributed by atoms with Crippen molar-refractivity contribution in [3.63, 3.8) is 0 Å². The monoisotopic (exact) mass is 207 g/mol. The summed E-state index contributed by atoms with van der Waals surface area (Å²) in [6, 6.07) is 5.97. The normalized spacial score (nSPS) is 10.0. The SMILES string of the molecule is COC(=O)CCCc1cccc(C)c1N. The molecule has 0 atom stereocenters. The lowest BCUT2D eigenvalue weighted by molar-refractivity contribution is -0.140. The molecule has 0 saturated heterocycles. The highest BCUT2D eigenvalue weighted by molar-refractivity contribution is 5.69. The zero-order chi connectivity index (χ0) is 11.3. The van der Waals surface area contributed by atoms with E-state index in [0.29, 0.717) is 6.42 Å². The first-order valence-electron chi connectivity index (χ1n) is 5.06. The lowest BCUT2D eigenvalue weighted by Gasteiger charge is -2.07. The van der Waals surface area contributed by atoms with Gasteiger partial charge in [0.1, 0.15) is 0 Å². The molecule has 3 nitrogen and oxygen atoms in total. The molecule has 0 aliphatic rings. The zero-order valence-electron chi connectivity index (χ0n) is 9.25. The quantitative estimate of drug-likeness (QED) is 0.607. The summed E-state index contributed by atoms with van der Waals surface area (Å²) in [6.07, 6.45) is 2.05. The minimum Gasteiger partial charge on any atom is -0.469 e. The molecule has 0 bridgehead atoms. The number of nitrogen functional groups attached to an aromatic ring is 1. The van der Waals surface area contributed by atoms with Crippen molar-refractivity contribution >= 4 is 11.7 Å². The summed E-state index contributed by atoms with van der Waals surface area (Å²) >= 11 is 0. The number of rotatable bonds is 4. The molecule has 0 spiro atoms. The van der Waals surface area contributed by atoms with Crippen LogP contribution in [-0.2, 0) is 16.0 Å². The maximum atomic E-state index is 10.9. The number of methoxy groups -OCH3 is 1. The third-order valence-electron chi connectivity index (χ3n) is 2.47. The van der Waals surface area contributed by atoms with Gasteiger partial charge in [0.2, 0.25) is 0 Å². The van der Waals surface area contributed by atoms with Crippen molar-refractivity contribution in [2.24, 2.45) is 0 Å². The van der Waals surface area contributed by atoms with Crippen molar-refractivity contribution in [1.29, 1.82) is 0 Å². The van der Waals surface area contributed by atoms with Crippen LogP contribution in [0, 0.1) is 6.92 Å². The second kappa shape index (κ2) is 5.39. The summed E-state index contributed by atoms with van der Waals surface area (Å²) < 4.78 is 4.57. The van der Waals surface area contributed by atoms with Gasteiger partial charge in [-0.3, -0.25) is 4.79 Å². The van der Waals surface area contributed by atoms with Gasteiger partial charge in [-0.05, 0) is 30.9 Å². The number of nitrogens with two attached hydrogens (primary N) is 1. The van der Waals surface area contributed by atoms with Crippen molar-refractivity contribution in [2.75, 3.05) is 12.8 Å². The van der Waals surface area contributed by atoms with Crippen LogP contribution in [0.5, 0.6) is 0 Å². The van der Waals surface area contributed by atoms with E-state index in [1.54, 1.807) is 0 Å². The maximum absolute atomic E-state index is 10.9. The molecule has 0 amide bonds. The van der Waals surface area contributed by atoms with Gasteiger partial charge in [-0.25, -0.2) is 0 Å². The lowest BCUT2D eigenvalue weighted by Crippen LogP contribution is -2.02. The summed E-state index contributed by atoms with van der Waals surface area (Å²) in [7, 11) is 1.41. The third-order valence-corrected chi connectivity index (χ3v) is 2.47. The third kappa shape index (κ3) is 3.27. The van der Waals surface area contributed by atoms with E-state index in [1.807, 2.05) is 25.1 Å². The van der Waals surface area contributed by atoms with Crippen LogP contribution in [0.15, 0.2) is 18.2 Å². The van der Waals surface area contributed by atoms with Crippen molar-refractivity contribution in [3.8, 4) is 0 Å². The predicted molar refractivity (Wildman–Crippen MR) is 60.5 cm³/mol. The Morgan fingerprint density at radius 3 is 2.87 bits per heavy atom. The molecule has 0 aliphatic carbocycles. The summed E-state index contributed by atoms with van der Waals surface area (Å²) in [5.74, 6) is -0.166. The van der Waals surface area contributed by atoms with E-state index in [2.05, 4.69) is 4.74 Å². The van der Waals surface area contributed by atoms with Crippen LogP contribution in [0.2, 0.25) is 0 Å². The molecule has 15 heavy (non-hydrogen) atoms. The molecule has 0 aromatic heterocycles. The van der Waals surface area contributed by atoms with E-state index in [-0.39, 0.29) is 5.97 Å². The number of hydrogen-bond acceptors (Lipinski definition) is 3. The summed E-state index contributed by atoms with van der Waals surface area (Å²) in [5.41, 5.74) is 8.95. The summed E-state index contributed by atoms with van der Waals surface area (Å²) in [5, 5.41) is 0. The Labute approximate surface area is 90.2 Å². The van der Waals surface area contributed by atoms with Gasteiger partial charge in [0.15, 0.2) is 0 Å². The number of carbonyl (C=O) groups excluding carboxylic acids is 1. The number of carbonyl (C=O) groups is 1. The minimum absolute atomic E-state index is 0.166. The van der Waals surface area contributed by atoms with Gasteiger partial charge in [-0.15, -0.1) is 0 Å². The molecule has 0 heterocycles. The molecule has 1 aromatic carbocycles. The Morgan fingerprint density at radius 1 is 1.47 bits per heavy atom. The fourth-order valence-corrected chi connectivity index (χ4v) is 1.48. The van der Waals surface area contributed by atoms with E-state index in [9.17, 15) is 4.79 Å². The molecule has 82 valence electrons. The van der Waals surface area contributed by atoms with Gasteiger partial charge in [0, 0.05) is 12.1 Å². The van der Waals surface area contributed by atoms with Gasteiger partial charge >= 0.3 is 5.97 Å². The average Bonchev–Trinajstić information content (AvgIpc) is 2.24. The Bertz CT molecular complexity index is 347. The van der Waals surface area contributed by atoms with Crippen LogP contribution in [-0.4, -0.2) is 13.1 Å². The summed E-state index contributed by atoms with van der Waals surface area (Å²) in [4.78, 5) is 10.9. The second-order valence-corrected chi connectivity index (χ2v) is 3.58. The highest BCUT2D eigenvalue weighted by Crippen LogP contribution is 2.18. The standard InChI is InChI=1S/C12H17NO2/c1-9-5-3-6-10(12(9)13)7-4-8-11(14)15-2/h3,5-6H,4,7-8,13H2,1-2H3. The highest BCUT2D eigenvalue weighted by Gasteiger charge is 2.04. The molecule has 2 N–H and O–H groups in total. The Hall–Kier alpha value is -1.51. The van der Waals surface area contributed by atoms with Gasteiger partial charge < -0.3 is 10.5 Å². The summed E-state index contributed by atoms with van der Waals surface area (Å²) in [6.45, 7) is 1.99. The van der Waals surface area contributed by atoms with E-state index >= 15 is 0 Å². The zero-order valence-corrected chi connectivity index (χ0v) is 9.25. The van der Waals surface area contributed by atoms with Crippen LogP contribution in [0.1, 0.15) is 24.0 Å². The molecular weight excluding hydrogens is 190 g/mol. The minimum atomic E-state index is -0.166. The number of hydrogen-bond donors (Lipinski definition) is 1. The topological polar surface area (TPSA) is 52.3 Å². The smallest absolute Gasteiger partial charge is 0.305 e. The first kappa shape index (κ1) is 11.6. The van der Waals surface area contributed by atoms with Crippen LogP contribution in [0.3, 0.4) is 0 Å². The van der Waals surface area contributed by atoms with Gasteiger partial charge in [0.05, 0.1) is 7.11 Å². The van der Waals surface area contributed by atoms with Crippen molar-refractivity contribution in [2.45, 2.75) is 26.2 Å². The highest BCUT2D eigenvalue weighted by atomic mass is 16.5. The maximum Gasteiger partial charge on any atom is 0.305 e. The number of para-hydroxylation sites is 1. The molecule has 0 radical (unpaired) electrons. The van der Waals surface area contributed by atoms with Crippen LogP contribution in [0.25, 0.3) is 0 Å². The largest absolute Gasteiger partial charge is 0.469 e. The van der Waals surface area contributed by atoms with Crippen molar-refractivity contribution in [3.05, 3.63) is 29.3 Å². The van der Waals surface area contributed by atoms with Crippen LogP contribution < -0.4 is 5.73 Å². The van der Waals surface area contributed by atoms with Crippen LogP contribution >= 0.6 is 0 Å². The van der Waals surface area contributed by atoms with Crippen molar-refractivity contribution in [1.82, 2.24) is 0 Å². The Kier molecular flexibility index (Phi) is 4.16. The Balaban J connectivity index is 2.51. The van der Waals surface area contributed by atoms with E-state index < -0.39 is 0 Å². The van der Waals surface area contributed by atoms with E-state index in [4.69, 9.17) is 5.73 Å². The lowest BCUT2D eigenvalue weighted by atomic mass is 10.0. The number of esters is 1. The molecule has 0 unspecified atom stereocenters. The first-order valence-corrected chi connectivity index (χ1v) is 5.06. The molecule has 0 aliphatic heterocycles. The molecule has 0 saturated carbocycles. The number of ether oxygens (including phenoxy) is 1. The molecule has 1 rings (SSSR count). The molecule has 1 aromatic rings. The van der Waals surface area contributed by atoms with E-state index in [1.165, 1.54) is 7.11 Å². The van der Waals surface area contributed by atoms with E-state index in [0.717, 1.165) is 29.7 Å². The number of anilines is 1. The van der Waals surface area contributed by atoms with Crippen molar-refractivity contribution < 1.29 is 9.53 Å². The average molecular weight is 207 g/mol. The molecule has 3 heteroatoms. The molecular formula is C12H17NO2. The van der Waals surface area contributed by atoms with Crippen LogP contribution in [0.4, 0.5) is 5.69 Å². The second-order valence-electron chi connectivity index (χ2n) is 3.58. The molecule has 0 fully saturated rings. The van der Waals surface area contributed by atoms with Gasteiger partial charge in [-0.1, -0.05) is 18.2 Å². The number of aryl methyl sites for hydroxylation is 2. The Morgan fingerprint density at radius 2 is 2.20 bits per heavy atom. The fraction of sp³-hybridized carbons (Fsp3) is 0.417. The number of benzene rings is 1.